The number of methoxy groups -OCH3 is 1. The zero-order valence-electron chi connectivity index (χ0n) is 10.8. The van der Waals surface area contributed by atoms with E-state index in [1.165, 1.54) is 0 Å². The van der Waals surface area contributed by atoms with Gasteiger partial charge in [-0.25, -0.2) is 0 Å². The molecule has 0 amide bonds. The number of halogens is 1. The molecule has 0 saturated heterocycles. The summed E-state index contributed by atoms with van der Waals surface area (Å²) in [6.07, 6.45) is 1.10. The van der Waals surface area contributed by atoms with Crippen LogP contribution in [0.4, 0.5) is 0 Å². The molecule has 2 aromatic rings. The average molecular weight is 380 g/mol. The minimum absolute atomic E-state index is 0.520. The highest BCUT2D eigenvalue weighted by molar-refractivity contribution is 14.1. The van der Waals surface area contributed by atoms with Crippen LogP contribution in [0.5, 0.6) is 11.5 Å². The van der Waals surface area contributed by atoms with Crippen molar-refractivity contribution in [1.82, 2.24) is 0 Å². The number of aliphatic hydroxyl groups is 1. The van der Waals surface area contributed by atoms with Gasteiger partial charge in [-0.3, -0.25) is 0 Å². The maximum absolute atomic E-state index is 10.3. The predicted molar refractivity (Wildman–Crippen MR) is 85.7 cm³/mol. The lowest BCUT2D eigenvalue weighted by Gasteiger charge is -2.08. The Morgan fingerprint density at radius 2 is 2.05 bits per heavy atom. The van der Waals surface area contributed by atoms with Crippen LogP contribution in [0, 0.1) is 3.57 Å². The fraction of sp³-hybridized carbons (Fsp3) is 0.125. The van der Waals surface area contributed by atoms with Crippen LogP contribution in [-0.4, -0.2) is 12.2 Å². The van der Waals surface area contributed by atoms with Crippen LogP contribution in [0.2, 0.25) is 0 Å². The molecule has 0 saturated carbocycles. The zero-order valence-corrected chi connectivity index (χ0v) is 13.0. The summed E-state index contributed by atoms with van der Waals surface area (Å²) in [7, 11) is 1.63. The Balaban J connectivity index is 2.01. The van der Waals surface area contributed by atoms with Crippen LogP contribution in [0.25, 0.3) is 6.08 Å². The second-order valence-corrected chi connectivity index (χ2v) is 5.72. The van der Waals surface area contributed by atoms with Crippen molar-refractivity contribution in [3.05, 3.63) is 62.9 Å². The molecule has 1 N–H and O–H groups in total. The second kappa shape index (κ2) is 5.46. The third-order valence-corrected chi connectivity index (χ3v) is 3.87. The van der Waals surface area contributed by atoms with Gasteiger partial charge in [0.25, 0.3) is 0 Å². The topological polar surface area (TPSA) is 38.7 Å². The number of ether oxygens (including phenoxy) is 2. The third kappa shape index (κ3) is 2.41. The molecule has 3 rings (SSSR count). The van der Waals surface area contributed by atoms with Gasteiger partial charge in [0.15, 0.2) is 0 Å². The molecular weight excluding hydrogens is 367 g/mol. The number of fused-ring (bicyclic) bond motifs is 1. The summed E-state index contributed by atoms with van der Waals surface area (Å²) < 4.78 is 12.2. The largest absolute Gasteiger partial charge is 0.496 e. The van der Waals surface area contributed by atoms with Crippen LogP contribution in [0.15, 0.2) is 48.2 Å². The number of benzene rings is 2. The molecule has 0 radical (unpaired) electrons. The standard InChI is InChI=1S/C16H13IO3/c1-19-13-7-6-11(17)8-10(13)9-15-16(18)12-4-2-3-5-14(12)20-15/h2-9,16,18H,1H3/b15-9-. The highest BCUT2D eigenvalue weighted by Gasteiger charge is 2.27. The van der Waals surface area contributed by atoms with Gasteiger partial charge in [-0.05, 0) is 52.9 Å². The highest BCUT2D eigenvalue weighted by atomic mass is 127. The van der Waals surface area contributed by atoms with Gasteiger partial charge in [-0.1, -0.05) is 18.2 Å². The summed E-state index contributed by atoms with van der Waals surface area (Å²) >= 11 is 2.24. The minimum Gasteiger partial charge on any atom is -0.496 e. The van der Waals surface area contributed by atoms with Crippen molar-refractivity contribution in [2.24, 2.45) is 0 Å². The molecule has 0 aliphatic carbocycles. The van der Waals surface area contributed by atoms with Crippen molar-refractivity contribution in [3.63, 3.8) is 0 Å². The van der Waals surface area contributed by atoms with Gasteiger partial charge in [-0.15, -0.1) is 0 Å². The molecule has 0 spiro atoms. The van der Waals surface area contributed by atoms with E-state index in [0.717, 1.165) is 20.4 Å². The fourth-order valence-corrected chi connectivity index (χ4v) is 2.73. The van der Waals surface area contributed by atoms with E-state index in [0.29, 0.717) is 11.5 Å². The number of rotatable bonds is 2. The van der Waals surface area contributed by atoms with Gasteiger partial charge in [0.05, 0.1) is 7.11 Å². The lowest BCUT2D eigenvalue weighted by atomic mass is 10.1. The second-order valence-electron chi connectivity index (χ2n) is 4.48. The Hall–Kier alpha value is -1.53. The Morgan fingerprint density at radius 1 is 1.25 bits per heavy atom. The summed E-state index contributed by atoms with van der Waals surface area (Å²) in [5, 5.41) is 10.3. The average Bonchev–Trinajstić information content (AvgIpc) is 2.76. The zero-order chi connectivity index (χ0) is 14.1. The van der Waals surface area contributed by atoms with Crippen molar-refractivity contribution in [3.8, 4) is 11.5 Å². The number of hydrogen-bond donors (Lipinski definition) is 1. The van der Waals surface area contributed by atoms with E-state index in [1.54, 1.807) is 7.11 Å². The Morgan fingerprint density at radius 3 is 2.80 bits per heavy atom. The van der Waals surface area contributed by atoms with Gasteiger partial charge in [-0.2, -0.15) is 0 Å². The first-order valence-corrected chi connectivity index (χ1v) is 7.27. The molecular formula is C16H13IO3. The SMILES string of the molecule is COc1ccc(I)cc1/C=C1\Oc2ccccc2C1O. The van der Waals surface area contributed by atoms with Gasteiger partial charge in [0.2, 0.25) is 0 Å². The van der Waals surface area contributed by atoms with Crippen LogP contribution in [0.3, 0.4) is 0 Å². The molecule has 1 aliphatic rings. The van der Waals surface area contributed by atoms with Crippen molar-refractivity contribution < 1.29 is 14.6 Å². The molecule has 1 aliphatic heterocycles. The first-order valence-electron chi connectivity index (χ1n) is 6.19. The summed E-state index contributed by atoms with van der Waals surface area (Å²) in [5.74, 6) is 1.98. The third-order valence-electron chi connectivity index (χ3n) is 3.20. The van der Waals surface area contributed by atoms with Gasteiger partial charge < -0.3 is 14.6 Å². The van der Waals surface area contributed by atoms with E-state index in [-0.39, 0.29) is 0 Å². The first-order chi connectivity index (χ1) is 9.69. The highest BCUT2D eigenvalue weighted by Crippen LogP contribution is 2.40. The van der Waals surface area contributed by atoms with Gasteiger partial charge in [0, 0.05) is 14.7 Å². The molecule has 2 aromatic carbocycles. The van der Waals surface area contributed by atoms with E-state index in [1.807, 2.05) is 48.5 Å². The van der Waals surface area contributed by atoms with Crippen molar-refractivity contribution in [1.29, 1.82) is 0 Å². The molecule has 1 atom stereocenters. The number of aliphatic hydroxyl groups excluding tert-OH is 1. The maximum atomic E-state index is 10.3. The molecule has 0 aromatic heterocycles. The lowest BCUT2D eigenvalue weighted by Crippen LogP contribution is -1.97. The molecule has 0 bridgehead atoms. The quantitative estimate of drug-likeness (QED) is 0.807. The van der Waals surface area contributed by atoms with E-state index in [9.17, 15) is 5.11 Å². The summed E-state index contributed by atoms with van der Waals surface area (Å²) in [6, 6.07) is 13.4. The first kappa shape index (κ1) is 13.5. The normalized spacial score (nSPS) is 18.8. The molecule has 1 heterocycles. The van der Waals surface area contributed by atoms with Crippen molar-refractivity contribution >= 4 is 28.7 Å². The Labute approximate surface area is 131 Å². The van der Waals surface area contributed by atoms with Crippen LogP contribution < -0.4 is 9.47 Å². The molecule has 0 fully saturated rings. The van der Waals surface area contributed by atoms with E-state index >= 15 is 0 Å². The van der Waals surface area contributed by atoms with Crippen molar-refractivity contribution in [2.45, 2.75) is 6.10 Å². The predicted octanol–water partition coefficient (Wildman–Crippen LogP) is 3.77. The molecule has 3 nitrogen and oxygen atoms in total. The van der Waals surface area contributed by atoms with Gasteiger partial charge >= 0.3 is 0 Å². The summed E-state index contributed by atoms with van der Waals surface area (Å²) in [5.41, 5.74) is 1.68. The van der Waals surface area contributed by atoms with E-state index in [4.69, 9.17) is 9.47 Å². The monoisotopic (exact) mass is 380 g/mol. The minimum atomic E-state index is -0.728. The summed E-state index contributed by atoms with van der Waals surface area (Å²) in [4.78, 5) is 0. The molecule has 102 valence electrons. The lowest BCUT2D eigenvalue weighted by molar-refractivity contribution is 0.193. The Kier molecular flexibility index (Phi) is 3.67. The van der Waals surface area contributed by atoms with E-state index in [2.05, 4.69) is 22.6 Å². The van der Waals surface area contributed by atoms with Crippen molar-refractivity contribution in [2.75, 3.05) is 7.11 Å². The van der Waals surface area contributed by atoms with Gasteiger partial charge in [0.1, 0.15) is 23.4 Å². The van der Waals surface area contributed by atoms with Crippen LogP contribution in [0.1, 0.15) is 17.2 Å². The Bertz CT molecular complexity index is 679. The maximum Gasteiger partial charge on any atom is 0.140 e. The molecule has 4 heteroatoms. The molecule has 1 unspecified atom stereocenters. The summed E-state index contributed by atoms with van der Waals surface area (Å²) in [6.45, 7) is 0. The molecule has 20 heavy (non-hydrogen) atoms. The number of hydrogen-bond acceptors (Lipinski definition) is 3. The van der Waals surface area contributed by atoms with Crippen LogP contribution >= 0.6 is 22.6 Å². The smallest absolute Gasteiger partial charge is 0.140 e. The number of para-hydroxylation sites is 1. The van der Waals surface area contributed by atoms with Crippen LogP contribution in [-0.2, 0) is 0 Å². The van der Waals surface area contributed by atoms with E-state index < -0.39 is 6.10 Å². The fourth-order valence-electron chi connectivity index (χ4n) is 2.22.